The first-order chi connectivity index (χ1) is 7.97. The topological polar surface area (TPSA) is 128 Å². The van der Waals surface area contributed by atoms with Crippen LogP contribution in [-0.4, -0.2) is 35.5 Å². The summed E-state index contributed by atoms with van der Waals surface area (Å²) in [5.41, 5.74) is 5.07. The number of nitrogens with one attached hydrogen (secondary N) is 3. The molecule has 1 amide bonds. The Morgan fingerprint density at radius 1 is 1.53 bits per heavy atom. The molecule has 1 atom stereocenters. The molecule has 0 bridgehead atoms. The Labute approximate surface area is 99.6 Å². The number of aliphatic carboxylic acids is 1. The number of hydrogen-bond donors (Lipinski definition) is 5. The van der Waals surface area contributed by atoms with Gasteiger partial charge < -0.3 is 21.5 Å². The number of carboxylic acid groups (broad SMARTS) is 1. The molecule has 6 N–H and O–H groups in total. The smallest absolute Gasteiger partial charge is 0.326 e. The number of guanidine groups is 1. The molecule has 0 fully saturated rings. The summed E-state index contributed by atoms with van der Waals surface area (Å²) in [6, 6.07) is -0.924. The first kappa shape index (κ1) is 14.9. The van der Waals surface area contributed by atoms with Gasteiger partial charge in [-0.15, -0.1) is 0 Å². The second-order valence-corrected chi connectivity index (χ2v) is 3.38. The molecule has 0 aliphatic heterocycles. The number of hydrogen-bond acceptors (Lipinski definition) is 3. The zero-order valence-electron chi connectivity index (χ0n) is 9.69. The first-order valence-corrected chi connectivity index (χ1v) is 5.21. The summed E-state index contributed by atoms with van der Waals surface area (Å²) in [5.74, 6) is -1.67. The largest absolute Gasteiger partial charge is 0.480 e. The molecule has 0 heterocycles. The molecule has 17 heavy (non-hydrogen) atoms. The van der Waals surface area contributed by atoms with Crippen LogP contribution in [0.1, 0.15) is 19.8 Å². The van der Waals surface area contributed by atoms with Gasteiger partial charge in [0.1, 0.15) is 6.04 Å². The van der Waals surface area contributed by atoms with Crippen LogP contribution < -0.4 is 16.4 Å². The van der Waals surface area contributed by atoms with E-state index in [1.807, 2.05) is 0 Å². The quantitative estimate of drug-likeness (QED) is 0.176. The molecule has 96 valence electrons. The maximum atomic E-state index is 11.2. The van der Waals surface area contributed by atoms with Gasteiger partial charge in [0.05, 0.1) is 0 Å². The third kappa shape index (κ3) is 7.83. The zero-order chi connectivity index (χ0) is 13.3. The number of carbonyl (C=O) groups is 2. The number of carbonyl (C=O) groups excluding carboxylic acids is 1. The fraction of sp³-hybridized carbons (Fsp3) is 0.500. The fourth-order valence-corrected chi connectivity index (χ4v) is 1.16. The molecule has 0 aromatic rings. The minimum Gasteiger partial charge on any atom is -0.480 e. The van der Waals surface area contributed by atoms with E-state index in [-0.39, 0.29) is 12.4 Å². The maximum absolute atomic E-state index is 11.2. The van der Waals surface area contributed by atoms with Crippen molar-refractivity contribution in [3.8, 4) is 0 Å². The van der Waals surface area contributed by atoms with Crippen LogP contribution in [0.4, 0.5) is 0 Å². The third-order valence-electron chi connectivity index (χ3n) is 1.92. The molecule has 0 radical (unpaired) electrons. The van der Waals surface area contributed by atoms with Crippen molar-refractivity contribution in [2.75, 3.05) is 6.54 Å². The van der Waals surface area contributed by atoms with Gasteiger partial charge in [-0.2, -0.15) is 0 Å². The van der Waals surface area contributed by atoms with Crippen LogP contribution in [0.15, 0.2) is 12.2 Å². The van der Waals surface area contributed by atoms with E-state index in [4.69, 9.17) is 16.2 Å². The molecular weight excluding hydrogens is 224 g/mol. The lowest BCUT2D eigenvalue weighted by Crippen LogP contribution is -2.40. The van der Waals surface area contributed by atoms with Gasteiger partial charge in [-0.3, -0.25) is 10.2 Å². The van der Waals surface area contributed by atoms with Crippen molar-refractivity contribution in [2.24, 2.45) is 5.73 Å². The first-order valence-electron chi connectivity index (χ1n) is 5.21. The van der Waals surface area contributed by atoms with Crippen molar-refractivity contribution < 1.29 is 14.7 Å². The SMILES string of the molecule is CC=CC(=O)NC(CCCNC(=N)N)C(=O)O. The van der Waals surface area contributed by atoms with E-state index in [9.17, 15) is 9.59 Å². The minimum absolute atomic E-state index is 0.158. The van der Waals surface area contributed by atoms with Crippen LogP contribution in [0, 0.1) is 5.41 Å². The highest BCUT2D eigenvalue weighted by molar-refractivity contribution is 5.90. The normalized spacial score (nSPS) is 12.1. The Kier molecular flexibility index (Phi) is 7.16. The van der Waals surface area contributed by atoms with Gasteiger partial charge in [0.25, 0.3) is 0 Å². The van der Waals surface area contributed by atoms with Crippen molar-refractivity contribution in [3.05, 3.63) is 12.2 Å². The Morgan fingerprint density at radius 3 is 2.65 bits per heavy atom. The summed E-state index contributed by atoms with van der Waals surface area (Å²) in [6.07, 6.45) is 3.57. The lowest BCUT2D eigenvalue weighted by molar-refractivity contribution is -0.141. The van der Waals surface area contributed by atoms with Crippen LogP contribution in [0.3, 0.4) is 0 Å². The van der Waals surface area contributed by atoms with Crippen LogP contribution in [0.5, 0.6) is 0 Å². The molecule has 0 saturated carbocycles. The van der Waals surface area contributed by atoms with E-state index in [2.05, 4.69) is 10.6 Å². The lowest BCUT2D eigenvalue weighted by atomic mass is 10.1. The van der Waals surface area contributed by atoms with Crippen molar-refractivity contribution in [2.45, 2.75) is 25.8 Å². The summed E-state index contributed by atoms with van der Waals surface area (Å²) in [5, 5.41) is 20.7. The zero-order valence-corrected chi connectivity index (χ0v) is 9.69. The van der Waals surface area contributed by atoms with Crippen LogP contribution in [-0.2, 0) is 9.59 Å². The number of rotatable bonds is 7. The van der Waals surface area contributed by atoms with Gasteiger partial charge in [0.15, 0.2) is 5.96 Å². The van der Waals surface area contributed by atoms with Crippen molar-refractivity contribution in [1.29, 1.82) is 5.41 Å². The van der Waals surface area contributed by atoms with E-state index in [1.165, 1.54) is 12.2 Å². The highest BCUT2D eigenvalue weighted by Crippen LogP contribution is 1.97. The maximum Gasteiger partial charge on any atom is 0.326 e. The summed E-state index contributed by atoms with van der Waals surface area (Å²) in [7, 11) is 0. The second-order valence-electron chi connectivity index (χ2n) is 3.38. The Hall–Kier alpha value is -2.05. The molecule has 0 aliphatic rings. The number of nitrogens with two attached hydrogens (primary N) is 1. The van der Waals surface area contributed by atoms with Gasteiger partial charge in [0.2, 0.25) is 5.91 Å². The van der Waals surface area contributed by atoms with Crippen molar-refractivity contribution in [1.82, 2.24) is 10.6 Å². The summed E-state index contributed by atoms with van der Waals surface area (Å²) >= 11 is 0. The third-order valence-corrected chi connectivity index (χ3v) is 1.92. The van der Waals surface area contributed by atoms with Crippen LogP contribution >= 0.6 is 0 Å². The van der Waals surface area contributed by atoms with Gasteiger partial charge in [-0.1, -0.05) is 6.08 Å². The molecule has 0 saturated heterocycles. The van der Waals surface area contributed by atoms with Gasteiger partial charge in [0, 0.05) is 6.54 Å². The highest BCUT2D eigenvalue weighted by atomic mass is 16.4. The number of carboxylic acids is 1. The standard InChI is InChI=1S/C10H18N4O3/c1-2-4-8(15)14-7(9(16)17)5-3-6-13-10(11)12/h2,4,7H,3,5-6H2,1H3,(H,14,15)(H,16,17)(H4,11,12,13). The summed E-state index contributed by atoms with van der Waals surface area (Å²) < 4.78 is 0. The average molecular weight is 242 g/mol. The minimum atomic E-state index is -1.08. The predicted octanol–water partition coefficient (Wildman–Crippen LogP) is -0.605. The van der Waals surface area contributed by atoms with E-state index in [0.717, 1.165) is 0 Å². The van der Waals surface area contributed by atoms with E-state index in [1.54, 1.807) is 6.92 Å². The molecule has 0 aliphatic carbocycles. The van der Waals surface area contributed by atoms with Gasteiger partial charge in [-0.25, -0.2) is 4.79 Å². The van der Waals surface area contributed by atoms with Gasteiger partial charge in [-0.05, 0) is 25.8 Å². The molecule has 1 unspecified atom stereocenters. The molecular formula is C10H18N4O3. The molecule has 0 aromatic heterocycles. The fourth-order valence-electron chi connectivity index (χ4n) is 1.16. The molecule has 0 rings (SSSR count). The number of amides is 1. The Bertz CT molecular complexity index is 315. The molecule has 0 aromatic carbocycles. The Morgan fingerprint density at radius 2 is 2.18 bits per heavy atom. The number of allylic oxidation sites excluding steroid dienone is 1. The average Bonchev–Trinajstić information content (AvgIpc) is 2.22. The molecule has 0 spiro atoms. The van der Waals surface area contributed by atoms with E-state index < -0.39 is 17.9 Å². The predicted molar refractivity (Wildman–Crippen MR) is 63.5 cm³/mol. The molecule has 7 heteroatoms. The van der Waals surface area contributed by atoms with Gasteiger partial charge >= 0.3 is 5.97 Å². The second kappa shape index (κ2) is 8.14. The monoisotopic (exact) mass is 242 g/mol. The van der Waals surface area contributed by atoms with Crippen molar-refractivity contribution in [3.63, 3.8) is 0 Å². The highest BCUT2D eigenvalue weighted by Gasteiger charge is 2.17. The Balaban J connectivity index is 4.03. The van der Waals surface area contributed by atoms with Crippen LogP contribution in [0.2, 0.25) is 0 Å². The summed E-state index contributed by atoms with van der Waals surface area (Å²) in [6.45, 7) is 2.07. The van der Waals surface area contributed by atoms with E-state index in [0.29, 0.717) is 13.0 Å². The van der Waals surface area contributed by atoms with E-state index >= 15 is 0 Å². The molecule has 7 nitrogen and oxygen atoms in total. The lowest BCUT2D eigenvalue weighted by Gasteiger charge is -2.13. The summed E-state index contributed by atoms with van der Waals surface area (Å²) in [4.78, 5) is 22.0. The van der Waals surface area contributed by atoms with Crippen LogP contribution in [0.25, 0.3) is 0 Å². The van der Waals surface area contributed by atoms with Crippen molar-refractivity contribution >= 4 is 17.8 Å².